The van der Waals surface area contributed by atoms with Crippen LogP contribution in [0.4, 0.5) is 11.6 Å². The fourth-order valence-corrected chi connectivity index (χ4v) is 2.29. The number of nitrogens with two attached hydrogens (primary N) is 1. The highest BCUT2D eigenvalue weighted by Crippen LogP contribution is 2.21. The molecule has 1 rings (SSSR count). The van der Waals surface area contributed by atoms with Crippen LogP contribution in [0.1, 0.15) is 31.7 Å². The quantitative estimate of drug-likeness (QED) is 0.522. The van der Waals surface area contributed by atoms with E-state index in [2.05, 4.69) is 53.6 Å². The molecule has 6 nitrogen and oxygen atoms in total. The number of aryl methyl sites for hydroxylation is 1. The van der Waals surface area contributed by atoms with Gasteiger partial charge in [0.1, 0.15) is 17.5 Å². The first-order chi connectivity index (χ1) is 9.33. The van der Waals surface area contributed by atoms with Crippen LogP contribution in [0, 0.1) is 19.8 Å². The molecule has 4 N–H and O–H groups in total. The minimum atomic E-state index is 0.351. The van der Waals surface area contributed by atoms with E-state index in [-0.39, 0.29) is 0 Å². The first kappa shape index (κ1) is 16.7. The lowest BCUT2D eigenvalue weighted by Gasteiger charge is -2.25. The van der Waals surface area contributed by atoms with Gasteiger partial charge in [0.15, 0.2) is 0 Å². The zero-order valence-corrected chi connectivity index (χ0v) is 13.5. The number of aromatic nitrogens is 2. The van der Waals surface area contributed by atoms with Gasteiger partial charge >= 0.3 is 0 Å². The lowest BCUT2D eigenvalue weighted by Crippen LogP contribution is -2.34. The van der Waals surface area contributed by atoms with Gasteiger partial charge in [0, 0.05) is 18.2 Å². The predicted molar refractivity (Wildman–Crippen MR) is 84.7 cm³/mol. The van der Waals surface area contributed by atoms with E-state index in [1.807, 2.05) is 13.8 Å². The lowest BCUT2D eigenvalue weighted by molar-refractivity contribution is 0.356. The van der Waals surface area contributed by atoms with Gasteiger partial charge < -0.3 is 15.6 Å². The van der Waals surface area contributed by atoms with Crippen LogP contribution in [0.2, 0.25) is 0 Å². The maximum absolute atomic E-state index is 5.50. The van der Waals surface area contributed by atoms with E-state index in [9.17, 15) is 0 Å². The number of hydrazine groups is 1. The summed E-state index contributed by atoms with van der Waals surface area (Å²) in [5.74, 6) is 8.37. The Labute approximate surface area is 122 Å². The number of hydrogen-bond donors (Lipinski definition) is 3. The molecule has 114 valence electrons. The molecule has 20 heavy (non-hydrogen) atoms. The average Bonchev–Trinajstić information content (AvgIpc) is 2.31. The van der Waals surface area contributed by atoms with E-state index in [1.54, 1.807) is 0 Å². The molecule has 0 aliphatic carbocycles. The largest absolute Gasteiger partial charge is 0.366 e. The molecule has 1 heterocycles. The van der Waals surface area contributed by atoms with E-state index in [0.717, 1.165) is 24.3 Å². The standard InChI is InChI=1S/C14H28N6/c1-9(2)7-12(8-20(5)6)18-13-10(3)14(19-15)17-11(4)16-13/h9,12H,7-8,15H2,1-6H3,(H2,16,17,18,19). The molecular formula is C14H28N6. The van der Waals surface area contributed by atoms with Gasteiger partial charge in [-0.15, -0.1) is 0 Å². The average molecular weight is 280 g/mol. The Hall–Kier alpha value is -1.40. The van der Waals surface area contributed by atoms with E-state index < -0.39 is 0 Å². The van der Waals surface area contributed by atoms with Crippen LogP contribution in [-0.2, 0) is 0 Å². The van der Waals surface area contributed by atoms with Crippen molar-refractivity contribution in [2.75, 3.05) is 31.4 Å². The minimum Gasteiger partial charge on any atom is -0.366 e. The molecule has 0 amide bonds. The summed E-state index contributed by atoms with van der Waals surface area (Å²) in [5.41, 5.74) is 3.58. The van der Waals surface area contributed by atoms with Crippen molar-refractivity contribution in [3.05, 3.63) is 11.4 Å². The maximum atomic E-state index is 5.50. The van der Waals surface area contributed by atoms with Crippen molar-refractivity contribution in [2.24, 2.45) is 11.8 Å². The third kappa shape index (κ3) is 4.94. The molecule has 1 aromatic heterocycles. The number of nitrogen functional groups attached to an aromatic ring is 1. The van der Waals surface area contributed by atoms with E-state index >= 15 is 0 Å². The summed E-state index contributed by atoms with van der Waals surface area (Å²) in [7, 11) is 4.17. The van der Waals surface area contributed by atoms with Gasteiger partial charge in [-0.1, -0.05) is 13.8 Å². The first-order valence-electron chi connectivity index (χ1n) is 7.06. The van der Waals surface area contributed by atoms with Crippen LogP contribution < -0.4 is 16.6 Å². The second-order valence-corrected chi connectivity index (χ2v) is 5.97. The van der Waals surface area contributed by atoms with E-state index in [0.29, 0.717) is 23.6 Å². The van der Waals surface area contributed by atoms with Gasteiger partial charge in [0.2, 0.25) is 0 Å². The highest BCUT2D eigenvalue weighted by atomic mass is 15.3. The van der Waals surface area contributed by atoms with Crippen LogP contribution in [0.15, 0.2) is 0 Å². The summed E-state index contributed by atoms with van der Waals surface area (Å²) in [6.45, 7) is 9.27. The summed E-state index contributed by atoms with van der Waals surface area (Å²) in [4.78, 5) is 11.0. The lowest BCUT2D eigenvalue weighted by atomic mass is 10.0. The number of rotatable bonds is 7. The SMILES string of the molecule is Cc1nc(NN)c(C)c(NC(CC(C)C)CN(C)C)n1. The minimum absolute atomic E-state index is 0.351. The van der Waals surface area contributed by atoms with Gasteiger partial charge in [0.05, 0.1) is 0 Å². The topological polar surface area (TPSA) is 79.1 Å². The molecule has 0 aliphatic rings. The molecule has 6 heteroatoms. The Kier molecular flexibility index (Phi) is 6.16. The molecular weight excluding hydrogens is 252 g/mol. The fraction of sp³-hybridized carbons (Fsp3) is 0.714. The van der Waals surface area contributed by atoms with E-state index in [4.69, 9.17) is 5.84 Å². The molecule has 0 bridgehead atoms. The number of nitrogens with one attached hydrogen (secondary N) is 2. The number of anilines is 2. The molecule has 0 fully saturated rings. The summed E-state index contributed by atoms with van der Waals surface area (Å²) in [6.07, 6.45) is 1.09. The van der Waals surface area contributed by atoms with Crippen LogP contribution in [0.25, 0.3) is 0 Å². The van der Waals surface area contributed by atoms with Crippen LogP contribution in [0.3, 0.4) is 0 Å². The summed E-state index contributed by atoms with van der Waals surface area (Å²) in [6, 6.07) is 0.351. The Balaban J connectivity index is 2.94. The molecule has 1 unspecified atom stereocenters. The maximum Gasteiger partial charge on any atom is 0.148 e. The zero-order valence-electron chi connectivity index (χ0n) is 13.5. The third-order valence-electron chi connectivity index (χ3n) is 3.08. The zero-order chi connectivity index (χ0) is 15.3. The van der Waals surface area contributed by atoms with Gasteiger partial charge in [-0.3, -0.25) is 0 Å². The Bertz CT molecular complexity index is 420. The van der Waals surface area contributed by atoms with Gasteiger partial charge in [-0.25, -0.2) is 15.8 Å². The number of nitrogens with zero attached hydrogens (tertiary/aromatic N) is 3. The molecule has 0 aliphatic heterocycles. The van der Waals surface area contributed by atoms with Crippen LogP contribution >= 0.6 is 0 Å². The highest BCUT2D eigenvalue weighted by Gasteiger charge is 2.16. The molecule has 0 saturated carbocycles. The fourth-order valence-electron chi connectivity index (χ4n) is 2.29. The Morgan fingerprint density at radius 1 is 1.15 bits per heavy atom. The Morgan fingerprint density at radius 2 is 1.75 bits per heavy atom. The van der Waals surface area contributed by atoms with Crippen LogP contribution in [0.5, 0.6) is 0 Å². The Morgan fingerprint density at radius 3 is 2.25 bits per heavy atom. The van der Waals surface area contributed by atoms with E-state index in [1.165, 1.54) is 0 Å². The van der Waals surface area contributed by atoms with Crippen LogP contribution in [-0.4, -0.2) is 41.5 Å². The van der Waals surface area contributed by atoms with Gasteiger partial charge in [0.25, 0.3) is 0 Å². The summed E-state index contributed by atoms with van der Waals surface area (Å²) in [5, 5.41) is 3.54. The van der Waals surface area contributed by atoms with Crippen molar-refractivity contribution in [3.8, 4) is 0 Å². The predicted octanol–water partition coefficient (Wildman–Crippen LogP) is 1.77. The van der Waals surface area contributed by atoms with Crippen molar-refractivity contribution >= 4 is 11.6 Å². The number of hydrogen-bond acceptors (Lipinski definition) is 6. The molecule has 1 aromatic rings. The molecule has 0 spiro atoms. The molecule has 0 saturated heterocycles. The second kappa shape index (κ2) is 7.40. The monoisotopic (exact) mass is 280 g/mol. The van der Waals surface area contributed by atoms with Crippen molar-refractivity contribution < 1.29 is 0 Å². The second-order valence-electron chi connectivity index (χ2n) is 5.97. The van der Waals surface area contributed by atoms with Gasteiger partial charge in [-0.2, -0.15) is 0 Å². The smallest absolute Gasteiger partial charge is 0.148 e. The summed E-state index contributed by atoms with van der Waals surface area (Å²) < 4.78 is 0. The van der Waals surface area contributed by atoms with Crippen molar-refractivity contribution in [1.82, 2.24) is 14.9 Å². The molecule has 1 atom stereocenters. The summed E-state index contributed by atoms with van der Waals surface area (Å²) >= 11 is 0. The number of likely N-dealkylation sites (N-methyl/N-ethyl adjacent to an activating group) is 1. The van der Waals surface area contributed by atoms with Crippen molar-refractivity contribution in [2.45, 2.75) is 40.2 Å². The first-order valence-corrected chi connectivity index (χ1v) is 7.06. The van der Waals surface area contributed by atoms with Crippen molar-refractivity contribution in [3.63, 3.8) is 0 Å². The van der Waals surface area contributed by atoms with Gasteiger partial charge in [-0.05, 0) is 40.3 Å². The normalized spacial score (nSPS) is 12.8. The molecule has 0 aromatic carbocycles. The molecule has 0 radical (unpaired) electrons. The van der Waals surface area contributed by atoms with Crippen molar-refractivity contribution in [1.29, 1.82) is 0 Å². The third-order valence-corrected chi connectivity index (χ3v) is 3.08. The highest BCUT2D eigenvalue weighted by molar-refractivity contribution is 5.57.